The van der Waals surface area contributed by atoms with E-state index in [1.807, 2.05) is 20.8 Å². The number of aromatic nitrogens is 1. The number of rotatable bonds is 8. The van der Waals surface area contributed by atoms with Crippen molar-refractivity contribution in [2.45, 2.75) is 72.1 Å². The van der Waals surface area contributed by atoms with Crippen LogP contribution in [0.5, 0.6) is 0 Å². The summed E-state index contributed by atoms with van der Waals surface area (Å²) in [6.45, 7) is 5.49. The van der Waals surface area contributed by atoms with Gasteiger partial charge >= 0.3 is 5.97 Å². The van der Waals surface area contributed by atoms with Crippen LogP contribution in [-0.2, 0) is 9.59 Å². The third-order valence-electron chi connectivity index (χ3n) is 5.97. The molecule has 1 saturated carbocycles. The number of pyridine rings is 1. The van der Waals surface area contributed by atoms with Gasteiger partial charge in [0.1, 0.15) is 0 Å². The largest absolute Gasteiger partial charge is 0.481 e. The van der Waals surface area contributed by atoms with Crippen molar-refractivity contribution >= 4 is 17.8 Å². The number of aliphatic carboxylic acids is 1. The van der Waals surface area contributed by atoms with Crippen molar-refractivity contribution in [1.82, 2.24) is 10.3 Å². The molecule has 6 heteroatoms. The number of hydrogen-bond donors (Lipinski definition) is 2. The van der Waals surface area contributed by atoms with Crippen LogP contribution in [0, 0.1) is 23.2 Å². The Bertz CT molecular complexity index is 691. The molecule has 1 heterocycles. The smallest absolute Gasteiger partial charge is 0.307 e. The number of nitrogens with zero attached hydrogens (tertiary/aromatic N) is 1. The van der Waals surface area contributed by atoms with Crippen molar-refractivity contribution in [3.05, 3.63) is 30.1 Å². The Kier molecular flexibility index (Phi) is 8.35. The maximum atomic E-state index is 13.0. The van der Waals surface area contributed by atoms with Crippen LogP contribution in [0.2, 0.25) is 0 Å². The summed E-state index contributed by atoms with van der Waals surface area (Å²) in [6.07, 6.45) is 11.5. The van der Waals surface area contributed by atoms with Crippen LogP contribution in [0.25, 0.3) is 0 Å². The fourth-order valence-electron chi connectivity index (χ4n) is 4.48. The van der Waals surface area contributed by atoms with Gasteiger partial charge in [-0.25, -0.2) is 0 Å². The van der Waals surface area contributed by atoms with Gasteiger partial charge in [-0.15, -0.1) is 0 Å². The topological polar surface area (TPSA) is 96.4 Å². The van der Waals surface area contributed by atoms with Crippen molar-refractivity contribution in [2.24, 2.45) is 23.2 Å². The standard InChI is InChI=1S/C23H34N2O4/c1-23(2,3)19(22(28)29)18(11-7-10-16-8-5-4-6-9-16)21(27)25-20(26)17-12-14-24-15-13-17/h12-16,18-19H,4-11H2,1-3H3,(H,28,29)(H,25,26,27)/t18-,19?/m1/s1. The molecule has 0 bridgehead atoms. The fraction of sp³-hybridized carbons (Fsp3) is 0.652. The number of nitrogens with one attached hydrogen (secondary N) is 1. The van der Waals surface area contributed by atoms with Crippen molar-refractivity contribution in [1.29, 1.82) is 0 Å². The van der Waals surface area contributed by atoms with Gasteiger partial charge in [0.2, 0.25) is 5.91 Å². The Labute approximate surface area is 173 Å². The van der Waals surface area contributed by atoms with Gasteiger partial charge in [0.25, 0.3) is 5.91 Å². The normalized spacial score (nSPS) is 17.3. The highest BCUT2D eigenvalue weighted by atomic mass is 16.4. The van der Waals surface area contributed by atoms with E-state index in [1.165, 1.54) is 56.6 Å². The molecule has 2 rings (SSSR count). The molecule has 1 aromatic heterocycles. The van der Waals surface area contributed by atoms with Gasteiger partial charge in [-0.05, 0) is 29.9 Å². The summed E-state index contributed by atoms with van der Waals surface area (Å²) in [5, 5.41) is 12.3. The Balaban J connectivity index is 2.10. The number of hydrogen-bond acceptors (Lipinski definition) is 4. The summed E-state index contributed by atoms with van der Waals surface area (Å²) < 4.78 is 0. The summed E-state index contributed by atoms with van der Waals surface area (Å²) in [5.74, 6) is -2.96. The first-order valence-electron chi connectivity index (χ1n) is 10.7. The molecule has 160 valence electrons. The van der Waals surface area contributed by atoms with Crippen LogP contribution in [0.3, 0.4) is 0 Å². The molecule has 1 fully saturated rings. The molecule has 2 atom stereocenters. The molecular weight excluding hydrogens is 368 g/mol. The van der Waals surface area contributed by atoms with Crippen LogP contribution in [-0.4, -0.2) is 27.9 Å². The van der Waals surface area contributed by atoms with E-state index in [2.05, 4.69) is 10.3 Å². The van der Waals surface area contributed by atoms with Gasteiger partial charge in [0.05, 0.1) is 11.8 Å². The lowest BCUT2D eigenvalue weighted by molar-refractivity contribution is -0.152. The minimum Gasteiger partial charge on any atom is -0.481 e. The summed E-state index contributed by atoms with van der Waals surface area (Å²) in [7, 11) is 0. The number of carboxylic acids is 1. The first-order valence-corrected chi connectivity index (χ1v) is 10.7. The van der Waals surface area contributed by atoms with E-state index >= 15 is 0 Å². The van der Waals surface area contributed by atoms with Gasteiger partial charge in [-0.3, -0.25) is 24.7 Å². The Morgan fingerprint density at radius 1 is 1.14 bits per heavy atom. The SMILES string of the molecule is CC(C)(C)C(C(=O)O)[C@@H](CCCC1CCCCC1)C(=O)NC(=O)c1ccncc1. The second kappa shape index (κ2) is 10.5. The van der Waals surface area contributed by atoms with Crippen LogP contribution in [0.4, 0.5) is 0 Å². The zero-order chi connectivity index (χ0) is 21.4. The average Bonchev–Trinajstić information content (AvgIpc) is 2.67. The lowest BCUT2D eigenvalue weighted by atomic mass is 9.70. The maximum Gasteiger partial charge on any atom is 0.307 e. The molecule has 1 aromatic rings. The van der Waals surface area contributed by atoms with Crippen LogP contribution < -0.4 is 5.32 Å². The summed E-state index contributed by atoms with van der Waals surface area (Å²) in [6, 6.07) is 3.05. The van der Waals surface area contributed by atoms with Crippen LogP contribution in [0.1, 0.15) is 82.5 Å². The first kappa shape index (κ1) is 23.0. The highest BCUT2D eigenvalue weighted by molar-refractivity contribution is 6.05. The maximum absolute atomic E-state index is 13.0. The summed E-state index contributed by atoms with van der Waals surface area (Å²) >= 11 is 0. The van der Waals surface area contributed by atoms with Crippen molar-refractivity contribution < 1.29 is 19.5 Å². The Morgan fingerprint density at radius 2 is 1.76 bits per heavy atom. The number of carbonyl (C=O) groups is 3. The minimum absolute atomic E-state index is 0.330. The highest BCUT2D eigenvalue weighted by Crippen LogP contribution is 2.36. The number of carboxylic acid groups (broad SMARTS) is 1. The van der Waals surface area contributed by atoms with Gasteiger partial charge in [-0.2, -0.15) is 0 Å². The van der Waals surface area contributed by atoms with Gasteiger partial charge < -0.3 is 5.11 Å². The molecule has 2 N–H and O–H groups in total. The molecule has 29 heavy (non-hydrogen) atoms. The van der Waals surface area contributed by atoms with Gasteiger partial charge in [0, 0.05) is 18.0 Å². The number of carbonyl (C=O) groups excluding carboxylic acids is 2. The van der Waals surface area contributed by atoms with E-state index < -0.39 is 35.0 Å². The molecule has 1 aliphatic rings. The third kappa shape index (κ3) is 6.94. The third-order valence-corrected chi connectivity index (χ3v) is 5.97. The first-order chi connectivity index (χ1) is 13.7. The van der Waals surface area contributed by atoms with E-state index in [9.17, 15) is 19.5 Å². The zero-order valence-electron chi connectivity index (χ0n) is 17.8. The molecule has 2 amide bonds. The molecule has 6 nitrogen and oxygen atoms in total. The van der Waals surface area contributed by atoms with E-state index in [0.717, 1.165) is 12.8 Å². The molecule has 1 unspecified atom stereocenters. The lowest BCUT2D eigenvalue weighted by Crippen LogP contribution is -2.45. The van der Waals surface area contributed by atoms with Crippen molar-refractivity contribution in [3.8, 4) is 0 Å². The van der Waals surface area contributed by atoms with Crippen LogP contribution >= 0.6 is 0 Å². The lowest BCUT2D eigenvalue weighted by Gasteiger charge is -2.33. The predicted octanol–water partition coefficient (Wildman–Crippen LogP) is 4.45. The Morgan fingerprint density at radius 3 is 2.31 bits per heavy atom. The molecule has 0 spiro atoms. The highest BCUT2D eigenvalue weighted by Gasteiger charge is 2.42. The van der Waals surface area contributed by atoms with Crippen molar-refractivity contribution in [3.63, 3.8) is 0 Å². The number of imide groups is 1. The van der Waals surface area contributed by atoms with E-state index in [-0.39, 0.29) is 0 Å². The van der Waals surface area contributed by atoms with E-state index in [4.69, 9.17) is 0 Å². The molecule has 0 aliphatic heterocycles. The minimum atomic E-state index is -0.994. The summed E-state index contributed by atoms with van der Waals surface area (Å²) in [5.41, 5.74) is -0.268. The molecule has 1 aliphatic carbocycles. The monoisotopic (exact) mass is 402 g/mol. The molecule has 0 saturated heterocycles. The predicted molar refractivity (Wildman–Crippen MR) is 111 cm³/mol. The zero-order valence-corrected chi connectivity index (χ0v) is 17.8. The summed E-state index contributed by atoms with van der Waals surface area (Å²) in [4.78, 5) is 41.3. The van der Waals surface area contributed by atoms with Gasteiger partial charge in [0.15, 0.2) is 0 Å². The van der Waals surface area contributed by atoms with Crippen molar-refractivity contribution in [2.75, 3.05) is 0 Å². The second-order valence-electron chi connectivity index (χ2n) is 9.28. The molecular formula is C23H34N2O4. The second-order valence-corrected chi connectivity index (χ2v) is 9.28. The number of amides is 2. The Hall–Kier alpha value is -2.24. The average molecular weight is 403 g/mol. The molecule has 0 aromatic carbocycles. The van der Waals surface area contributed by atoms with Crippen LogP contribution in [0.15, 0.2) is 24.5 Å². The van der Waals surface area contributed by atoms with Gasteiger partial charge in [-0.1, -0.05) is 65.7 Å². The molecule has 0 radical (unpaired) electrons. The quantitative estimate of drug-likeness (QED) is 0.669. The van der Waals surface area contributed by atoms with E-state index in [0.29, 0.717) is 17.9 Å². The van der Waals surface area contributed by atoms with E-state index in [1.54, 1.807) is 0 Å². The fourth-order valence-corrected chi connectivity index (χ4v) is 4.48.